The van der Waals surface area contributed by atoms with Gasteiger partial charge in [-0.3, -0.25) is 9.59 Å². The third-order valence-corrected chi connectivity index (χ3v) is 6.50. The average molecular weight is 374 g/mol. The van der Waals surface area contributed by atoms with Gasteiger partial charge in [0.2, 0.25) is 5.91 Å². The fraction of sp³-hybridized carbons (Fsp3) is 0.368. The van der Waals surface area contributed by atoms with Crippen LogP contribution in [0.25, 0.3) is 10.8 Å². The molecule has 3 rings (SSSR count). The van der Waals surface area contributed by atoms with E-state index < -0.39 is 15.4 Å². The van der Waals surface area contributed by atoms with Gasteiger partial charge in [0.15, 0.2) is 9.84 Å². The molecule has 1 aliphatic heterocycles. The molecule has 6 nitrogen and oxygen atoms in total. The van der Waals surface area contributed by atoms with Gasteiger partial charge in [0, 0.05) is 18.5 Å². The van der Waals surface area contributed by atoms with Crippen LogP contribution in [0.4, 0.5) is 0 Å². The van der Waals surface area contributed by atoms with Crippen molar-refractivity contribution in [2.45, 2.75) is 25.3 Å². The van der Waals surface area contributed by atoms with Gasteiger partial charge in [-0.05, 0) is 36.2 Å². The number of hydrogen-bond acceptors (Lipinski definition) is 4. The Morgan fingerprint density at radius 1 is 1.12 bits per heavy atom. The van der Waals surface area contributed by atoms with Crippen LogP contribution in [0.1, 0.15) is 30.1 Å². The predicted octanol–water partition coefficient (Wildman–Crippen LogP) is 1.65. The maximum absolute atomic E-state index is 12.2. The van der Waals surface area contributed by atoms with E-state index in [0.717, 1.165) is 10.8 Å². The zero-order chi connectivity index (χ0) is 18.8. The van der Waals surface area contributed by atoms with Crippen molar-refractivity contribution in [2.24, 2.45) is 0 Å². The SMILES string of the molecule is CC1(NC(=O)CCNC(=O)c2ccc3ccccc3c2)CCS(=O)(=O)C1. The van der Waals surface area contributed by atoms with Crippen LogP contribution in [0.5, 0.6) is 0 Å². The number of hydrogen-bond donors (Lipinski definition) is 2. The fourth-order valence-corrected chi connectivity index (χ4v) is 5.32. The largest absolute Gasteiger partial charge is 0.352 e. The lowest BCUT2D eigenvalue weighted by Crippen LogP contribution is -2.47. The monoisotopic (exact) mass is 374 g/mol. The van der Waals surface area contributed by atoms with Gasteiger partial charge in [-0.2, -0.15) is 0 Å². The molecule has 2 N–H and O–H groups in total. The molecule has 1 unspecified atom stereocenters. The van der Waals surface area contributed by atoms with Gasteiger partial charge >= 0.3 is 0 Å². The molecule has 0 radical (unpaired) electrons. The maximum Gasteiger partial charge on any atom is 0.251 e. The van der Waals surface area contributed by atoms with Crippen LogP contribution in [-0.4, -0.2) is 43.8 Å². The van der Waals surface area contributed by atoms with Crippen molar-refractivity contribution >= 4 is 32.4 Å². The van der Waals surface area contributed by atoms with Crippen molar-refractivity contribution in [2.75, 3.05) is 18.1 Å². The second kappa shape index (κ2) is 7.07. The first-order valence-corrected chi connectivity index (χ1v) is 10.4. The molecule has 0 aliphatic carbocycles. The van der Waals surface area contributed by atoms with E-state index in [1.807, 2.05) is 36.4 Å². The summed E-state index contributed by atoms with van der Waals surface area (Å²) in [6.45, 7) is 1.93. The number of fused-ring (bicyclic) bond motifs is 1. The van der Waals surface area contributed by atoms with Crippen LogP contribution >= 0.6 is 0 Å². The highest BCUT2D eigenvalue weighted by Crippen LogP contribution is 2.22. The number of benzene rings is 2. The molecule has 2 aromatic carbocycles. The van der Waals surface area contributed by atoms with E-state index in [2.05, 4.69) is 10.6 Å². The molecule has 1 aliphatic rings. The van der Waals surface area contributed by atoms with Crippen molar-refractivity contribution in [1.82, 2.24) is 10.6 Å². The number of amides is 2. The fourth-order valence-electron chi connectivity index (χ4n) is 3.23. The maximum atomic E-state index is 12.2. The molecule has 138 valence electrons. The number of nitrogens with one attached hydrogen (secondary N) is 2. The van der Waals surface area contributed by atoms with E-state index in [4.69, 9.17) is 0 Å². The molecule has 1 fully saturated rings. The number of sulfone groups is 1. The van der Waals surface area contributed by atoms with Crippen molar-refractivity contribution in [1.29, 1.82) is 0 Å². The van der Waals surface area contributed by atoms with E-state index in [1.165, 1.54) is 0 Å². The van der Waals surface area contributed by atoms with Crippen LogP contribution in [0.3, 0.4) is 0 Å². The van der Waals surface area contributed by atoms with Crippen LogP contribution in [0.2, 0.25) is 0 Å². The molecule has 7 heteroatoms. The van der Waals surface area contributed by atoms with Gasteiger partial charge in [-0.15, -0.1) is 0 Å². The Balaban J connectivity index is 1.50. The van der Waals surface area contributed by atoms with Crippen LogP contribution in [-0.2, 0) is 14.6 Å². The first-order valence-electron chi connectivity index (χ1n) is 8.55. The van der Waals surface area contributed by atoms with Gasteiger partial charge in [0.1, 0.15) is 0 Å². The Labute approximate surface area is 152 Å². The molecular weight excluding hydrogens is 352 g/mol. The van der Waals surface area contributed by atoms with Gasteiger partial charge < -0.3 is 10.6 Å². The summed E-state index contributed by atoms with van der Waals surface area (Å²) in [5.74, 6) is -0.431. The number of carbonyl (C=O) groups is 2. The lowest BCUT2D eigenvalue weighted by Gasteiger charge is -2.23. The lowest BCUT2D eigenvalue weighted by atomic mass is 10.0. The third kappa shape index (κ3) is 4.40. The van der Waals surface area contributed by atoms with Gasteiger partial charge in [-0.1, -0.05) is 30.3 Å². The summed E-state index contributed by atoms with van der Waals surface area (Å²) >= 11 is 0. The molecule has 1 atom stereocenters. The van der Waals surface area contributed by atoms with E-state index in [0.29, 0.717) is 12.0 Å². The topological polar surface area (TPSA) is 92.3 Å². The highest BCUT2D eigenvalue weighted by molar-refractivity contribution is 7.91. The first kappa shape index (κ1) is 18.4. The average Bonchev–Trinajstić information content (AvgIpc) is 2.87. The second-order valence-electron chi connectivity index (χ2n) is 7.02. The van der Waals surface area contributed by atoms with Gasteiger partial charge in [0.05, 0.1) is 17.0 Å². The summed E-state index contributed by atoms with van der Waals surface area (Å²) < 4.78 is 23.1. The molecule has 0 aromatic heterocycles. The van der Waals surface area contributed by atoms with Crippen molar-refractivity contribution in [3.05, 3.63) is 48.0 Å². The first-order chi connectivity index (χ1) is 12.3. The Morgan fingerprint density at radius 3 is 2.54 bits per heavy atom. The van der Waals surface area contributed by atoms with Gasteiger partial charge in [-0.25, -0.2) is 8.42 Å². The zero-order valence-corrected chi connectivity index (χ0v) is 15.4. The second-order valence-corrected chi connectivity index (χ2v) is 9.20. The van der Waals surface area contributed by atoms with E-state index in [-0.39, 0.29) is 36.3 Å². The minimum Gasteiger partial charge on any atom is -0.352 e. The molecule has 1 saturated heterocycles. The third-order valence-electron chi connectivity index (χ3n) is 4.59. The van der Waals surface area contributed by atoms with E-state index in [9.17, 15) is 18.0 Å². The van der Waals surface area contributed by atoms with Crippen LogP contribution < -0.4 is 10.6 Å². The smallest absolute Gasteiger partial charge is 0.251 e. The highest BCUT2D eigenvalue weighted by atomic mass is 32.2. The Kier molecular flexibility index (Phi) is 5.00. The summed E-state index contributed by atoms with van der Waals surface area (Å²) in [6, 6.07) is 13.2. The molecule has 0 bridgehead atoms. The minimum absolute atomic E-state index is 0.0326. The molecule has 1 heterocycles. The molecule has 0 spiro atoms. The lowest BCUT2D eigenvalue weighted by molar-refractivity contribution is -0.122. The minimum atomic E-state index is -3.07. The molecule has 2 aromatic rings. The Hall–Kier alpha value is -2.41. The van der Waals surface area contributed by atoms with Crippen LogP contribution in [0, 0.1) is 0 Å². The van der Waals surface area contributed by atoms with Crippen molar-refractivity contribution in [3.8, 4) is 0 Å². The summed E-state index contributed by atoms with van der Waals surface area (Å²) in [4.78, 5) is 24.3. The normalized spacial score (nSPS) is 21.4. The van der Waals surface area contributed by atoms with E-state index >= 15 is 0 Å². The molecule has 2 amide bonds. The molecule has 0 saturated carbocycles. The summed E-state index contributed by atoms with van der Waals surface area (Å²) in [7, 11) is -3.07. The van der Waals surface area contributed by atoms with Gasteiger partial charge in [0.25, 0.3) is 5.91 Å². The zero-order valence-electron chi connectivity index (χ0n) is 14.6. The molecule has 26 heavy (non-hydrogen) atoms. The summed E-state index contributed by atoms with van der Waals surface area (Å²) in [6.07, 6.45) is 0.527. The van der Waals surface area contributed by atoms with Crippen molar-refractivity contribution in [3.63, 3.8) is 0 Å². The summed E-state index contributed by atoms with van der Waals surface area (Å²) in [5, 5.41) is 7.55. The van der Waals surface area contributed by atoms with Crippen molar-refractivity contribution < 1.29 is 18.0 Å². The standard InChI is InChI=1S/C19H22N2O4S/c1-19(9-11-26(24,25)13-19)21-17(22)8-10-20-18(23)16-7-6-14-4-2-3-5-15(14)12-16/h2-7,12H,8-11,13H2,1H3,(H,20,23)(H,21,22). The Morgan fingerprint density at radius 2 is 1.85 bits per heavy atom. The predicted molar refractivity (Wildman–Crippen MR) is 101 cm³/mol. The summed E-state index contributed by atoms with van der Waals surface area (Å²) in [5.41, 5.74) is -0.170. The van der Waals surface area contributed by atoms with Crippen LogP contribution in [0.15, 0.2) is 42.5 Å². The molecular formula is C19H22N2O4S. The number of rotatable bonds is 5. The van der Waals surface area contributed by atoms with E-state index in [1.54, 1.807) is 13.0 Å². The highest BCUT2D eigenvalue weighted by Gasteiger charge is 2.39. The number of carbonyl (C=O) groups excluding carboxylic acids is 2. The Bertz CT molecular complexity index is 955. The quantitative estimate of drug-likeness (QED) is 0.832.